The predicted octanol–water partition coefficient (Wildman–Crippen LogP) is 1.16. The minimum absolute atomic E-state index is 0.0337. The molecule has 6 heteroatoms. The van der Waals surface area contributed by atoms with E-state index in [4.69, 9.17) is 15.2 Å². The molecule has 2 N–H and O–H groups in total. The van der Waals surface area contributed by atoms with Crippen LogP contribution < -0.4 is 15.2 Å². The normalized spacial score (nSPS) is 22.2. The van der Waals surface area contributed by atoms with E-state index in [1.54, 1.807) is 12.1 Å². The van der Waals surface area contributed by atoms with Gasteiger partial charge in [-0.05, 0) is 33.0 Å². The summed E-state index contributed by atoms with van der Waals surface area (Å²) in [6.07, 6.45) is 0.969. The highest BCUT2D eigenvalue weighted by atomic mass is 16.7. The molecule has 1 aromatic carbocycles. The largest absolute Gasteiger partial charge is 0.454 e. The van der Waals surface area contributed by atoms with Gasteiger partial charge in [0.1, 0.15) is 0 Å². The summed E-state index contributed by atoms with van der Waals surface area (Å²) in [4.78, 5) is 17.0. The van der Waals surface area contributed by atoms with Gasteiger partial charge in [-0.15, -0.1) is 0 Å². The standard InChI is InChI=1S/C15H21N3O3/c1-10-8-17(2)4-3-5-18(10)15(19)11-6-13-14(7-12(11)16)21-9-20-13/h6-7,10H,3-5,8-9,16H2,1-2H3. The van der Waals surface area contributed by atoms with Crippen LogP contribution in [0.3, 0.4) is 0 Å². The lowest BCUT2D eigenvalue weighted by molar-refractivity contribution is 0.0697. The third-order valence-corrected chi connectivity index (χ3v) is 4.08. The Morgan fingerprint density at radius 2 is 2.00 bits per heavy atom. The number of carbonyl (C=O) groups is 1. The van der Waals surface area contributed by atoms with Crippen molar-refractivity contribution in [2.24, 2.45) is 0 Å². The summed E-state index contributed by atoms with van der Waals surface area (Å²) >= 11 is 0. The lowest BCUT2D eigenvalue weighted by Crippen LogP contribution is -2.42. The predicted molar refractivity (Wildman–Crippen MR) is 79.6 cm³/mol. The minimum atomic E-state index is -0.0337. The first kappa shape index (κ1) is 14.0. The van der Waals surface area contributed by atoms with Crippen LogP contribution in [-0.2, 0) is 0 Å². The Morgan fingerprint density at radius 1 is 1.29 bits per heavy atom. The van der Waals surface area contributed by atoms with Crippen LogP contribution in [0.4, 0.5) is 5.69 Å². The highest BCUT2D eigenvalue weighted by molar-refractivity contribution is 6.00. The number of carbonyl (C=O) groups excluding carboxylic acids is 1. The van der Waals surface area contributed by atoms with Crippen molar-refractivity contribution < 1.29 is 14.3 Å². The Balaban J connectivity index is 1.87. The molecule has 114 valence electrons. The third-order valence-electron chi connectivity index (χ3n) is 4.08. The van der Waals surface area contributed by atoms with E-state index in [9.17, 15) is 4.79 Å². The molecule has 0 saturated carbocycles. The molecule has 2 heterocycles. The molecule has 0 spiro atoms. The first-order chi connectivity index (χ1) is 10.1. The molecule has 6 nitrogen and oxygen atoms in total. The Hall–Kier alpha value is -1.95. The number of ether oxygens (including phenoxy) is 2. The zero-order valence-corrected chi connectivity index (χ0v) is 12.5. The Bertz CT molecular complexity index is 561. The van der Waals surface area contributed by atoms with Crippen LogP contribution in [0.1, 0.15) is 23.7 Å². The molecule has 1 fully saturated rings. The van der Waals surface area contributed by atoms with Crippen molar-refractivity contribution >= 4 is 11.6 Å². The van der Waals surface area contributed by atoms with Crippen LogP contribution >= 0.6 is 0 Å². The molecule has 0 aromatic heterocycles. The molecule has 0 bridgehead atoms. The number of benzene rings is 1. The maximum absolute atomic E-state index is 12.8. The van der Waals surface area contributed by atoms with Crippen LogP contribution in [0.25, 0.3) is 0 Å². The molecule has 1 amide bonds. The van der Waals surface area contributed by atoms with E-state index in [1.165, 1.54) is 0 Å². The maximum Gasteiger partial charge on any atom is 0.256 e. The fourth-order valence-electron chi connectivity index (χ4n) is 2.97. The van der Waals surface area contributed by atoms with Gasteiger partial charge in [-0.2, -0.15) is 0 Å². The van der Waals surface area contributed by atoms with Crippen LogP contribution in [0, 0.1) is 0 Å². The fourth-order valence-corrected chi connectivity index (χ4v) is 2.97. The molecule has 21 heavy (non-hydrogen) atoms. The van der Waals surface area contributed by atoms with E-state index in [0.29, 0.717) is 22.7 Å². The van der Waals surface area contributed by atoms with Crippen LogP contribution in [0.5, 0.6) is 11.5 Å². The van der Waals surface area contributed by atoms with Crippen molar-refractivity contribution in [1.82, 2.24) is 9.80 Å². The second kappa shape index (κ2) is 5.44. The second-order valence-electron chi connectivity index (χ2n) is 5.76. The second-order valence-corrected chi connectivity index (χ2v) is 5.76. The average molecular weight is 291 g/mol. The zero-order chi connectivity index (χ0) is 15.0. The fraction of sp³-hybridized carbons (Fsp3) is 0.533. The van der Waals surface area contributed by atoms with Crippen molar-refractivity contribution in [3.05, 3.63) is 17.7 Å². The van der Waals surface area contributed by atoms with Gasteiger partial charge in [-0.25, -0.2) is 0 Å². The number of anilines is 1. The lowest BCUT2D eigenvalue weighted by atomic mass is 10.1. The number of nitrogens with two attached hydrogens (primary N) is 1. The number of hydrogen-bond donors (Lipinski definition) is 1. The molecular weight excluding hydrogens is 270 g/mol. The number of amides is 1. The first-order valence-electron chi connectivity index (χ1n) is 7.25. The quantitative estimate of drug-likeness (QED) is 0.787. The number of nitrogens with zero attached hydrogens (tertiary/aromatic N) is 2. The van der Waals surface area contributed by atoms with E-state index >= 15 is 0 Å². The highest BCUT2D eigenvalue weighted by Crippen LogP contribution is 2.36. The van der Waals surface area contributed by atoms with Crippen molar-refractivity contribution in [3.63, 3.8) is 0 Å². The van der Waals surface area contributed by atoms with E-state index in [2.05, 4.69) is 18.9 Å². The van der Waals surface area contributed by atoms with Crippen LogP contribution in [0.15, 0.2) is 12.1 Å². The molecule has 0 aliphatic carbocycles. The summed E-state index contributed by atoms with van der Waals surface area (Å²) in [5.41, 5.74) is 6.95. The van der Waals surface area contributed by atoms with Crippen molar-refractivity contribution in [2.75, 3.05) is 39.2 Å². The molecule has 1 aromatic rings. The molecule has 1 unspecified atom stereocenters. The average Bonchev–Trinajstić information content (AvgIpc) is 2.81. The minimum Gasteiger partial charge on any atom is -0.454 e. The summed E-state index contributed by atoms with van der Waals surface area (Å²) in [5.74, 6) is 1.16. The zero-order valence-electron chi connectivity index (χ0n) is 12.5. The Kier molecular flexibility index (Phi) is 3.63. The van der Waals surface area contributed by atoms with Crippen molar-refractivity contribution in [1.29, 1.82) is 0 Å². The molecule has 2 aliphatic heterocycles. The van der Waals surface area contributed by atoms with Gasteiger partial charge < -0.3 is 25.0 Å². The van der Waals surface area contributed by atoms with Gasteiger partial charge in [-0.1, -0.05) is 0 Å². The Labute approximate surface area is 124 Å². The summed E-state index contributed by atoms with van der Waals surface area (Å²) in [5, 5.41) is 0. The smallest absolute Gasteiger partial charge is 0.256 e. The summed E-state index contributed by atoms with van der Waals surface area (Å²) in [6, 6.07) is 3.53. The molecular formula is C15H21N3O3. The third kappa shape index (κ3) is 2.63. The summed E-state index contributed by atoms with van der Waals surface area (Å²) in [6.45, 7) is 4.87. The molecule has 1 atom stereocenters. The first-order valence-corrected chi connectivity index (χ1v) is 7.25. The number of rotatable bonds is 1. The summed E-state index contributed by atoms with van der Waals surface area (Å²) < 4.78 is 10.6. The van der Waals surface area contributed by atoms with Gasteiger partial charge in [0.05, 0.1) is 5.56 Å². The van der Waals surface area contributed by atoms with Crippen LogP contribution in [-0.4, -0.2) is 55.2 Å². The molecule has 1 saturated heterocycles. The van der Waals surface area contributed by atoms with E-state index < -0.39 is 0 Å². The molecule has 3 rings (SSSR count). The number of fused-ring (bicyclic) bond motifs is 1. The maximum atomic E-state index is 12.8. The monoisotopic (exact) mass is 291 g/mol. The van der Waals surface area contributed by atoms with Gasteiger partial charge in [0.15, 0.2) is 11.5 Å². The number of nitrogen functional groups attached to an aromatic ring is 1. The lowest BCUT2D eigenvalue weighted by Gasteiger charge is -2.28. The number of likely N-dealkylation sites (N-methyl/N-ethyl adjacent to an activating group) is 1. The van der Waals surface area contributed by atoms with Gasteiger partial charge in [0.25, 0.3) is 5.91 Å². The van der Waals surface area contributed by atoms with Crippen LogP contribution in [0.2, 0.25) is 0 Å². The van der Waals surface area contributed by atoms with Crippen molar-refractivity contribution in [2.45, 2.75) is 19.4 Å². The topological polar surface area (TPSA) is 68.0 Å². The van der Waals surface area contributed by atoms with E-state index in [-0.39, 0.29) is 18.7 Å². The van der Waals surface area contributed by atoms with Crippen molar-refractivity contribution in [3.8, 4) is 11.5 Å². The van der Waals surface area contributed by atoms with E-state index in [1.807, 2.05) is 4.90 Å². The number of hydrogen-bond acceptors (Lipinski definition) is 5. The van der Waals surface area contributed by atoms with Gasteiger partial charge in [0, 0.05) is 30.9 Å². The SMILES string of the molecule is CC1CN(C)CCCN1C(=O)c1cc2c(cc1N)OCO2. The molecule has 2 aliphatic rings. The van der Waals surface area contributed by atoms with E-state index in [0.717, 1.165) is 26.1 Å². The van der Waals surface area contributed by atoms with Gasteiger partial charge >= 0.3 is 0 Å². The van der Waals surface area contributed by atoms with Gasteiger partial charge in [0.2, 0.25) is 6.79 Å². The van der Waals surface area contributed by atoms with Gasteiger partial charge in [-0.3, -0.25) is 4.79 Å². The molecule has 0 radical (unpaired) electrons. The summed E-state index contributed by atoms with van der Waals surface area (Å²) in [7, 11) is 2.08. The Morgan fingerprint density at radius 3 is 2.76 bits per heavy atom. The highest BCUT2D eigenvalue weighted by Gasteiger charge is 2.28.